The van der Waals surface area contributed by atoms with Gasteiger partial charge in [-0.25, -0.2) is 9.78 Å². The topological polar surface area (TPSA) is 82.6 Å². The second kappa shape index (κ2) is 8.77. The number of amides is 4. The van der Waals surface area contributed by atoms with E-state index < -0.39 is 35.8 Å². The molecule has 1 aliphatic carbocycles. The molecule has 1 aromatic heterocycles. The van der Waals surface area contributed by atoms with Crippen molar-refractivity contribution in [2.75, 3.05) is 18.9 Å². The Morgan fingerprint density at radius 3 is 2.64 bits per heavy atom. The average Bonchev–Trinajstić information content (AvgIpc) is 3.27. The third-order valence-electron chi connectivity index (χ3n) is 6.22. The molecule has 11 heteroatoms. The summed E-state index contributed by atoms with van der Waals surface area (Å²) in [5.74, 6) is -0.896. The molecule has 0 atom stereocenters. The number of alkyl halides is 3. The van der Waals surface area contributed by atoms with E-state index in [2.05, 4.69) is 10.3 Å². The molecule has 0 unspecified atom stereocenters. The highest BCUT2D eigenvalue weighted by Crippen LogP contribution is 2.39. The summed E-state index contributed by atoms with van der Waals surface area (Å²) in [5.41, 5.74) is -1.10. The molecule has 1 aliphatic heterocycles. The Balaban J connectivity index is 1.38. The summed E-state index contributed by atoms with van der Waals surface area (Å²) in [6.07, 6.45) is 1.22. The Morgan fingerprint density at radius 2 is 1.94 bits per heavy atom. The zero-order valence-electron chi connectivity index (χ0n) is 17.9. The highest BCUT2D eigenvalue weighted by Gasteiger charge is 2.55. The molecule has 0 bridgehead atoms. The molecular formula is C22H23F3N4O3S. The SMILES string of the molecule is CN1C(=O)N(CC(=O)Nc2ncc(Cc3cccc(C(F)(F)F)c3)s2)C(=O)C12CCCCC2. The molecule has 2 aliphatic rings. The fourth-order valence-electron chi connectivity index (χ4n) is 4.48. The summed E-state index contributed by atoms with van der Waals surface area (Å²) >= 11 is 1.13. The quantitative estimate of drug-likeness (QED) is 0.648. The lowest BCUT2D eigenvalue weighted by Crippen LogP contribution is -2.49. The lowest BCUT2D eigenvalue weighted by Gasteiger charge is -2.35. The van der Waals surface area contributed by atoms with E-state index in [1.54, 1.807) is 13.1 Å². The molecule has 33 heavy (non-hydrogen) atoms. The standard InChI is InChI=1S/C22H23F3N4O3S/c1-28-20(32)29(18(31)21(28)8-3-2-4-9-21)13-17(30)27-19-26-12-16(33-19)11-14-6-5-7-15(10-14)22(23,24)25/h5-7,10,12H,2-4,8-9,11,13H2,1H3,(H,26,27,30). The molecule has 4 rings (SSSR count). The summed E-state index contributed by atoms with van der Waals surface area (Å²) in [6.45, 7) is -0.410. The van der Waals surface area contributed by atoms with E-state index >= 15 is 0 Å². The number of benzene rings is 1. The number of imide groups is 1. The van der Waals surface area contributed by atoms with Gasteiger partial charge in [0.25, 0.3) is 5.91 Å². The molecular weight excluding hydrogens is 457 g/mol. The van der Waals surface area contributed by atoms with E-state index in [0.29, 0.717) is 23.3 Å². The minimum Gasteiger partial charge on any atom is -0.313 e. The van der Waals surface area contributed by atoms with Gasteiger partial charge in [0.05, 0.1) is 5.56 Å². The number of urea groups is 1. The fourth-order valence-corrected chi connectivity index (χ4v) is 5.34. The van der Waals surface area contributed by atoms with Crippen LogP contribution in [0.15, 0.2) is 30.5 Å². The number of hydrogen-bond donors (Lipinski definition) is 1. The van der Waals surface area contributed by atoms with Crippen molar-refractivity contribution in [1.82, 2.24) is 14.8 Å². The molecule has 1 N–H and O–H groups in total. The first-order valence-electron chi connectivity index (χ1n) is 10.6. The first-order valence-corrected chi connectivity index (χ1v) is 11.4. The van der Waals surface area contributed by atoms with E-state index in [4.69, 9.17) is 0 Å². The third-order valence-corrected chi connectivity index (χ3v) is 7.13. The third kappa shape index (κ3) is 4.59. The van der Waals surface area contributed by atoms with Crippen LogP contribution < -0.4 is 5.32 Å². The monoisotopic (exact) mass is 480 g/mol. The van der Waals surface area contributed by atoms with E-state index in [9.17, 15) is 27.6 Å². The zero-order chi connectivity index (χ0) is 23.8. The Bertz CT molecular complexity index is 1080. The van der Waals surface area contributed by atoms with Gasteiger partial charge in [-0.3, -0.25) is 14.5 Å². The van der Waals surface area contributed by atoms with E-state index in [-0.39, 0.29) is 17.5 Å². The molecule has 7 nitrogen and oxygen atoms in total. The summed E-state index contributed by atoms with van der Waals surface area (Å²) in [5, 5.41) is 2.83. The normalized spacial score (nSPS) is 18.3. The van der Waals surface area contributed by atoms with Crippen molar-refractivity contribution >= 4 is 34.3 Å². The van der Waals surface area contributed by atoms with Gasteiger partial charge in [0.1, 0.15) is 12.1 Å². The molecule has 4 amide bonds. The maximum absolute atomic E-state index is 13.0. The first kappa shape index (κ1) is 23.2. The number of rotatable bonds is 5. The predicted octanol–water partition coefficient (Wildman–Crippen LogP) is 4.29. The van der Waals surface area contributed by atoms with Crippen LogP contribution in [0.25, 0.3) is 0 Å². The van der Waals surface area contributed by atoms with Crippen LogP contribution in [0.2, 0.25) is 0 Å². The number of anilines is 1. The van der Waals surface area contributed by atoms with Gasteiger partial charge >= 0.3 is 12.2 Å². The van der Waals surface area contributed by atoms with E-state index in [1.165, 1.54) is 17.2 Å². The lowest BCUT2D eigenvalue weighted by molar-refractivity contribution is -0.137. The number of nitrogens with one attached hydrogen (secondary N) is 1. The maximum Gasteiger partial charge on any atom is 0.416 e. The first-order chi connectivity index (χ1) is 15.6. The van der Waals surface area contributed by atoms with E-state index in [0.717, 1.165) is 47.6 Å². The van der Waals surface area contributed by atoms with Crippen LogP contribution in [0.3, 0.4) is 0 Å². The van der Waals surface area contributed by atoms with E-state index in [1.807, 2.05) is 0 Å². The predicted molar refractivity (Wildman–Crippen MR) is 116 cm³/mol. The second-order valence-electron chi connectivity index (χ2n) is 8.38. The smallest absolute Gasteiger partial charge is 0.313 e. The van der Waals surface area contributed by atoms with Crippen LogP contribution in [0, 0.1) is 0 Å². The molecule has 2 heterocycles. The average molecular weight is 481 g/mol. The number of nitrogens with zero attached hydrogens (tertiary/aromatic N) is 3. The van der Waals surface area contributed by atoms with Crippen molar-refractivity contribution in [3.8, 4) is 0 Å². The summed E-state index contributed by atoms with van der Waals surface area (Å²) in [7, 11) is 1.60. The highest BCUT2D eigenvalue weighted by atomic mass is 32.1. The van der Waals surface area contributed by atoms with Crippen LogP contribution in [0.4, 0.5) is 23.1 Å². The Kier molecular flexibility index (Phi) is 6.17. The largest absolute Gasteiger partial charge is 0.416 e. The van der Waals surface area contributed by atoms with Crippen molar-refractivity contribution in [3.05, 3.63) is 46.5 Å². The zero-order valence-corrected chi connectivity index (χ0v) is 18.8. The maximum atomic E-state index is 13.0. The number of carbonyl (C=O) groups is 3. The van der Waals surface area contributed by atoms with Gasteiger partial charge in [-0.05, 0) is 24.5 Å². The summed E-state index contributed by atoms with van der Waals surface area (Å²) in [4.78, 5) is 45.4. The van der Waals surface area contributed by atoms with Crippen molar-refractivity contribution in [2.24, 2.45) is 0 Å². The molecule has 1 spiro atoms. The van der Waals surface area contributed by atoms with Crippen LogP contribution in [-0.4, -0.2) is 51.8 Å². The van der Waals surface area contributed by atoms with Crippen molar-refractivity contribution < 1.29 is 27.6 Å². The molecule has 0 radical (unpaired) electrons. The van der Waals surface area contributed by atoms with Crippen molar-refractivity contribution in [2.45, 2.75) is 50.2 Å². The Morgan fingerprint density at radius 1 is 1.21 bits per heavy atom. The molecule has 2 aromatic rings. The second-order valence-corrected chi connectivity index (χ2v) is 9.50. The number of halogens is 3. The van der Waals surface area contributed by atoms with Gasteiger partial charge < -0.3 is 10.2 Å². The number of hydrogen-bond acceptors (Lipinski definition) is 5. The van der Waals surface area contributed by atoms with Gasteiger partial charge in [0, 0.05) is 24.5 Å². The minimum atomic E-state index is -4.42. The van der Waals surface area contributed by atoms with Gasteiger partial charge in [0.15, 0.2) is 5.13 Å². The van der Waals surface area contributed by atoms with Crippen LogP contribution in [-0.2, 0) is 22.2 Å². The number of thiazole rings is 1. The lowest BCUT2D eigenvalue weighted by atomic mass is 9.81. The Labute approximate surface area is 192 Å². The molecule has 1 saturated carbocycles. The summed E-state index contributed by atoms with van der Waals surface area (Å²) < 4.78 is 38.7. The fraction of sp³-hybridized carbons (Fsp3) is 0.455. The van der Waals surface area contributed by atoms with Crippen LogP contribution in [0.5, 0.6) is 0 Å². The van der Waals surface area contributed by atoms with Crippen LogP contribution in [0.1, 0.15) is 48.1 Å². The molecule has 176 valence electrons. The number of carbonyl (C=O) groups excluding carboxylic acids is 3. The van der Waals surface area contributed by atoms with Crippen molar-refractivity contribution in [3.63, 3.8) is 0 Å². The highest BCUT2D eigenvalue weighted by molar-refractivity contribution is 7.15. The van der Waals surface area contributed by atoms with Crippen molar-refractivity contribution in [1.29, 1.82) is 0 Å². The van der Waals surface area contributed by atoms with Crippen LogP contribution >= 0.6 is 11.3 Å². The molecule has 1 saturated heterocycles. The summed E-state index contributed by atoms with van der Waals surface area (Å²) in [6, 6.07) is 4.55. The number of likely N-dealkylation sites (N-methyl/N-ethyl adjacent to an activating group) is 1. The molecule has 2 fully saturated rings. The van der Waals surface area contributed by atoms with Gasteiger partial charge in [0.2, 0.25) is 5.91 Å². The van der Waals surface area contributed by atoms with Gasteiger partial charge in [-0.15, -0.1) is 11.3 Å². The number of aromatic nitrogens is 1. The Hall–Kier alpha value is -2.95. The van der Waals surface area contributed by atoms with Gasteiger partial charge in [-0.1, -0.05) is 37.5 Å². The minimum absolute atomic E-state index is 0.230. The molecule has 1 aromatic carbocycles. The van der Waals surface area contributed by atoms with Gasteiger partial charge in [-0.2, -0.15) is 13.2 Å².